The van der Waals surface area contributed by atoms with E-state index >= 15 is 0 Å². The summed E-state index contributed by atoms with van der Waals surface area (Å²) in [5.74, 6) is 0.196. The molecule has 1 N–H and O–H groups in total. The molecule has 144 valence electrons. The molecule has 0 spiro atoms. The Hall–Kier alpha value is -1.50. The minimum Gasteiger partial charge on any atom is -0.383 e. The van der Waals surface area contributed by atoms with Crippen molar-refractivity contribution in [3.05, 3.63) is 29.6 Å². The number of hydrogen-bond acceptors (Lipinski definition) is 5. The number of aromatic nitrogens is 1. The third-order valence-electron chi connectivity index (χ3n) is 6.00. The van der Waals surface area contributed by atoms with E-state index in [1.165, 1.54) is 6.42 Å². The molecule has 2 fully saturated rings. The lowest BCUT2D eigenvalue weighted by Crippen LogP contribution is -2.46. The van der Waals surface area contributed by atoms with Crippen LogP contribution >= 0.6 is 0 Å². The third kappa shape index (κ3) is 4.42. The maximum absolute atomic E-state index is 12.6. The molecule has 1 unspecified atom stereocenters. The molecule has 0 aliphatic carbocycles. The molecule has 0 aromatic carbocycles. The molecule has 6 nitrogen and oxygen atoms in total. The van der Waals surface area contributed by atoms with Gasteiger partial charge in [0.1, 0.15) is 5.60 Å². The lowest BCUT2D eigenvalue weighted by Gasteiger charge is -2.38. The van der Waals surface area contributed by atoms with Crippen molar-refractivity contribution in [2.45, 2.75) is 44.2 Å². The Balaban J connectivity index is 1.46. The minimum atomic E-state index is -0.907. The van der Waals surface area contributed by atoms with Gasteiger partial charge in [0, 0.05) is 44.8 Å². The summed E-state index contributed by atoms with van der Waals surface area (Å²) in [4.78, 5) is 23.5. The van der Waals surface area contributed by atoms with Gasteiger partial charge in [0.15, 0.2) is 0 Å². The largest absolute Gasteiger partial charge is 0.383 e. The van der Waals surface area contributed by atoms with E-state index in [-0.39, 0.29) is 5.91 Å². The Kier molecular flexibility index (Phi) is 5.95. The predicted molar refractivity (Wildman–Crippen MR) is 102 cm³/mol. The third-order valence-corrected chi connectivity index (χ3v) is 6.00. The second-order valence-corrected chi connectivity index (χ2v) is 8.07. The van der Waals surface area contributed by atoms with Crippen LogP contribution in [0.2, 0.25) is 0 Å². The second kappa shape index (κ2) is 8.03. The predicted octanol–water partition coefficient (Wildman–Crippen LogP) is 1.23. The number of nitrogens with zero attached hydrogens (tertiary/aromatic N) is 4. The molecule has 0 radical (unpaired) electrons. The smallest absolute Gasteiger partial charge is 0.223 e. The number of aliphatic hydroxyl groups is 1. The van der Waals surface area contributed by atoms with Crippen LogP contribution in [0.15, 0.2) is 18.3 Å². The van der Waals surface area contributed by atoms with Crippen molar-refractivity contribution in [3.8, 4) is 0 Å². The van der Waals surface area contributed by atoms with Crippen molar-refractivity contribution < 1.29 is 9.90 Å². The number of hydrogen-bond donors (Lipinski definition) is 1. The Labute approximate surface area is 156 Å². The highest BCUT2D eigenvalue weighted by Gasteiger charge is 2.36. The van der Waals surface area contributed by atoms with Gasteiger partial charge >= 0.3 is 0 Å². The maximum Gasteiger partial charge on any atom is 0.223 e. The van der Waals surface area contributed by atoms with Crippen LogP contribution in [0.3, 0.4) is 0 Å². The molecule has 0 saturated carbocycles. The van der Waals surface area contributed by atoms with Gasteiger partial charge in [0.25, 0.3) is 0 Å². The van der Waals surface area contributed by atoms with Gasteiger partial charge in [0.2, 0.25) is 5.91 Å². The molecule has 3 heterocycles. The molecule has 2 aliphatic heterocycles. The van der Waals surface area contributed by atoms with Crippen LogP contribution in [0.4, 0.5) is 0 Å². The van der Waals surface area contributed by atoms with Gasteiger partial charge in [-0.05, 0) is 58.5 Å². The summed E-state index contributed by atoms with van der Waals surface area (Å²) >= 11 is 0. The molecule has 1 amide bonds. The molecular formula is C20H32N4O2. The summed E-state index contributed by atoms with van der Waals surface area (Å²) in [6.07, 6.45) is 4.64. The Morgan fingerprint density at radius 1 is 1.35 bits per heavy atom. The number of carbonyl (C=O) groups excluding carboxylic acids is 1. The first kappa shape index (κ1) is 19.3. The zero-order chi connectivity index (χ0) is 18.7. The molecule has 1 aromatic rings. The van der Waals surface area contributed by atoms with Crippen molar-refractivity contribution in [1.29, 1.82) is 0 Å². The number of piperidine rings is 1. The van der Waals surface area contributed by atoms with Gasteiger partial charge in [-0.25, -0.2) is 0 Å². The summed E-state index contributed by atoms with van der Waals surface area (Å²) < 4.78 is 0. The van der Waals surface area contributed by atoms with Crippen LogP contribution in [0, 0.1) is 6.92 Å². The van der Waals surface area contributed by atoms with Crippen LogP contribution in [0.5, 0.6) is 0 Å². The molecule has 3 rings (SSSR count). The van der Waals surface area contributed by atoms with Crippen LogP contribution in [0.1, 0.15) is 36.9 Å². The molecule has 2 saturated heterocycles. The van der Waals surface area contributed by atoms with E-state index in [4.69, 9.17) is 0 Å². The van der Waals surface area contributed by atoms with Gasteiger partial charge in [-0.3, -0.25) is 9.78 Å². The number of carbonyl (C=O) groups is 1. The normalized spacial score (nSPS) is 23.6. The Morgan fingerprint density at radius 2 is 2.08 bits per heavy atom. The summed E-state index contributed by atoms with van der Waals surface area (Å²) in [6, 6.07) is 4.45. The Morgan fingerprint density at radius 3 is 2.65 bits per heavy atom. The van der Waals surface area contributed by atoms with Crippen LogP contribution < -0.4 is 0 Å². The SMILES string of the molecule is Cc1ccc(C2(O)CCN(C(=O)CCN(C)C3CCN(C)C3)CC2)nc1. The molecule has 6 heteroatoms. The number of likely N-dealkylation sites (tertiary alicyclic amines) is 2. The first-order valence-corrected chi connectivity index (χ1v) is 9.69. The average molecular weight is 361 g/mol. The van der Waals surface area contributed by atoms with Crippen LogP contribution in [0.25, 0.3) is 0 Å². The van der Waals surface area contributed by atoms with Gasteiger partial charge in [-0.2, -0.15) is 0 Å². The lowest BCUT2D eigenvalue weighted by atomic mass is 9.87. The monoisotopic (exact) mass is 360 g/mol. The van der Waals surface area contributed by atoms with Crippen LogP contribution in [-0.2, 0) is 10.4 Å². The van der Waals surface area contributed by atoms with Crippen LogP contribution in [-0.4, -0.2) is 83.6 Å². The number of aryl methyl sites for hydroxylation is 1. The molecule has 26 heavy (non-hydrogen) atoms. The molecule has 1 atom stereocenters. The number of amides is 1. The van der Waals surface area contributed by atoms with E-state index in [9.17, 15) is 9.90 Å². The van der Waals surface area contributed by atoms with Crippen molar-refractivity contribution >= 4 is 5.91 Å². The lowest BCUT2D eigenvalue weighted by molar-refractivity contribution is -0.136. The molecule has 1 aromatic heterocycles. The summed E-state index contributed by atoms with van der Waals surface area (Å²) in [5, 5.41) is 10.9. The average Bonchev–Trinajstić information content (AvgIpc) is 3.07. The van der Waals surface area contributed by atoms with E-state index in [2.05, 4.69) is 28.9 Å². The van der Waals surface area contributed by atoms with Crippen molar-refractivity contribution in [2.24, 2.45) is 0 Å². The number of likely N-dealkylation sites (N-methyl/N-ethyl adjacent to an activating group) is 2. The van der Waals surface area contributed by atoms with E-state index in [0.717, 1.165) is 30.9 Å². The number of pyridine rings is 1. The van der Waals surface area contributed by atoms with E-state index in [0.29, 0.717) is 38.4 Å². The molecular weight excluding hydrogens is 328 g/mol. The maximum atomic E-state index is 12.6. The van der Waals surface area contributed by atoms with Gasteiger partial charge in [-0.15, -0.1) is 0 Å². The van der Waals surface area contributed by atoms with Gasteiger partial charge in [-0.1, -0.05) is 6.07 Å². The van der Waals surface area contributed by atoms with Gasteiger partial charge in [0.05, 0.1) is 5.69 Å². The summed E-state index contributed by atoms with van der Waals surface area (Å²) in [7, 11) is 4.27. The second-order valence-electron chi connectivity index (χ2n) is 8.07. The first-order chi connectivity index (χ1) is 12.4. The highest BCUT2D eigenvalue weighted by molar-refractivity contribution is 5.76. The van der Waals surface area contributed by atoms with E-state index < -0.39 is 5.60 Å². The highest BCUT2D eigenvalue weighted by atomic mass is 16.3. The molecule has 0 bridgehead atoms. The summed E-state index contributed by atoms with van der Waals surface area (Å²) in [6.45, 7) is 6.22. The zero-order valence-corrected chi connectivity index (χ0v) is 16.3. The standard InChI is InChI=1S/C20H32N4O2/c1-16-4-5-18(21-14-16)20(26)8-12-24(13-9-20)19(25)7-11-23(3)17-6-10-22(2)15-17/h4-5,14,17,26H,6-13,15H2,1-3H3. The minimum absolute atomic E-state index is 0.196. The first-order valence-electron chi connectivity index (χ1n) is 9.69. The highest BCUT2D eigenvalue weighted by Crippen LogP contribution is 2.31. The fraction of sp³-hybridized carbons (Fsp3) is 0.700. The fourth-order valence-electron chi connectivity index (χ4n) is 4.01. The van der Waals surface area contributed by atoms with E-state index in [1.807, 2.05) is 24.0 Å². The van der Waals surface area contributed by atoms with Crippen molar-refractivity contribution in [3.63, 3.8) is 0 Å². The Bertz CT molecular complexity index is 611. The van der Waals surface area contributed by atoms with E-state index in [1.54, 1.807) is 6.20 Å². The summed E-state index contributed by atoms with van der Waals surface area (Å²) in [5.41, 5.74) is 0.901. The van der Waals surface area contributed by atoms with Crippen molar-refractivity contribution in [2.75, 3.05) is 46.8 Å². The fourth-order valence-corrected chi connectivity index (χ4v) is 4.01. The molecule has 2 aliphatic rings. The van der Waals surface area contributed by atoms with Crippen molar-refractivity contribution in [1.82, 2.24) is 19.7 Å². The van der Waals surface area contributed by atoms with Gasteiger partial charge < -0.3 is 19.8 Å². The number of rotatable bonds is 5. The zero-order valence-electron chi connectivity index (χ0n) is 16.3. The quantitative estimate of drug-likeness (QED) is 0.856. The topological polar surface area (TPSA) is 59.9 Å².